The molecule has 21 heavy (non-hydrogen) atoms. The van der Waals surface area contributed by atoms with Gasteiger partial charge in [0.2, 0.25) is 0 Å². The van der Waals surface area contributed by atoms with Crippen LogP contribution in [-0.2, 0) is 0 Å². The van der Waals surface area contributed by atoms with Gasteiger partial charge >= 0.3 is 0 Å². The van der Waals surface area contributed by atoms with Crippen LogP contribution in [0.1, 0.15) is 25.7 Å². The summed E-state index contributed by atoms with van der Waals surface area (Å²) < 4.78 is 13.6. The van der Waals surface area contributed by atoms with E-state index in [1.54, 1.807) is 12.1 Å². The highest BCUT2D eigenvalue weighted by Crippen LogP contribution is 2.41. The SMILES string of the molecule is NC1=NCC2(CCN3CCCC3C2)N1c1cccc(F)c1. The summed E-state index contributed by atoms with van der Waals surface area (Å²) in [6.45, 7) is 3.05. The first kappa shape index (κ1) is 13.1. The number of guanidine groups is 1. The van der Waals surface area contributed by atoms with Crippen LogP contribution in [0.5, 0.6) is 0 Å². The largest absolute Gasteiger partial charge is 0.369 e. The second-order valence-electron chi connectivity index (χ2n) is 6.50. The lowest BCUT2D eigenvalue weighted by Crippen LogP contribution is -2.59. The van der Waals surface area contributed by atoms with Crippen LogP contribution < -0.4 is 10.6 Å². The molecular formula is C16H21FN4. The molecule has 2 fully saturated rings. The molecule has 3 heterocycles. The Morgan fingerprint density at radius 1 is 1.33 bits per heavy atom. The van der Waals surface area contributed by atoms with Gasteiger partial charge in [-0.15, -0.1) is 0 Å². The minimum absolute atomic E-state index is 0.0522. The number of hydrogen-bond donors (Lipinski definition) is 1. The summed E-state index contributed by atoms with van der Waals surface area (Å²) in [4.78, 5) is 9.17. The van der Waals surface area contributed by atoms with Crippen molar-refractivity contribution in [3.05, 3.63) is 30.1 Å². The van der Waals surface area contributed by atoms with Gasteiger partial charge in [0.25, 0.3) is 0 Å². The fourth-order valence-corrected chi connectivity index (χ4v) is 4.29. The first-order chi connectivity index (χ1) is 10.2. The van der Waals surface area contributed by atoms with Crippen LogP contribution >= 0.6 is 0 Å². The standard InChI is InChI=1S/C16H21FN4/c17-12-3-1-4-13(9-12)21-15(18)19-11-16(21)6-8-20-7-2-5-14(20)10-16/h1,3-4,9,14H,2,5-8,10-11H2,(H2,18,19). The van der Waals surface area contributed by atoms with Gasteiger partial charge in [-0.2, -0.15) is 0 Å². The molecule has 0 radical (unpaired) electrons. The summed E-state index contributed by atoms with van der Waals surface area (Å²) in [6.07, 6.45) is 4.67. The van der Waals surface area contributed by atoms with Crippen molar-refractivity contribution >= 4 is 11.6 Å². The van der Waals surface area contributed by atoms with E-state index in [4.69, 9.17) is 5.73 Å². The summed E-state index contributed by atoms with van der Waals surface area (Å²) in [7, 11) is 0. The second-order valence-corrected chi connectivity index (χ2v) is 6.50. The number of halogens is 1. The molecule has 3 aliphatic heterocycles. The molecule has 4 nitrogen and oxygen atoms in total. The van der Waals surface area contributed by atoms with Crippen molar-refractivity contribution in [1.29, 1.82) is 0 Å². The van der Waals surface area contributed by atoms with Gasteiger partial charge in [-0.25, -0.2) is 4.39 Å². The number of anilines is 1. The van der Waals surface area contributed by atoms with E-state index >= 15 is 0 Å². The Morgan fingerprint density at radius 3 is 3.10 bits per heavy atom. The van der Waals surface area contributed by atoms with Crippen molar-refractivity contribution in [2.75, 3.05) is 24.5 Å². The number of piperidine rings is 1. The van der Waals surface area contributed by atoms with E-state index in [1.807, 2.05) is 6.07 Å². The maximum absolute atomic E-state index is 13.6. The Hall–Kier alpha value is -1.62. The Kier molecular flexibility index (Phi) is 2.92. The number of fused-ring (bicyclic) bond motifs is 1. The van der Waals surface area contributed by atoms with Crippen LogP contribution in [0.2, 0.25) is 0 Å². The van der Waals surface area contributed by atoms with E-state index in [-0.39, 0.29) is 11.4 Å². The van der Waals surface area contributed by atoms with Crippen LogP contribution in [0.15, 0.2) is 29.3 Å². The lowest BCUT2D eigenvalue weighted by molar-refractivity contribution is 0.140. The molecule has 4 rings (SSSR count). The van der Waals surface area contributed by atoms with Gasteiger partial charge in [-0.1, -0.05) is 6.07 Å². The maximum Gasteiger partial charge on any atom is 0.196 e. The highest BCUT2D eigenvalue weighted by Gasteiger charge is 2.49. The molecule has 0 bridgehead atoms. The van der Waals surface area contributed by atoms with E-state index in [0.29, 0.717) is 12.0 Å². The van der Waals surface area contributed by atoms with Crippen LogP contribution in [0, 0.1) is 5.82 Å². The summed E-state index contributed by atoms with van der Waals surface area (Å²) in [6, 6.07) is 7.35. The van der Waals surface area contributed by atoms with Crippen LogP contribution in [-0.4, -0.2) is 42.1 Å². The number of hydrogen-bond acceptors (Lipinski definition) is 4. The minimum Gasteiger partial charge on any atom is -0.369 e. The van der Waals surface area contributed by atoms with Crippen molar-refractivity contribution in [2.24, 2.45) is 10.7 Å². The van der Waals surface area contributed by atoms with E-state index in [2.05, 4.69) is 14.8 Å². The molecule has 2 unspecified atom stereocenters. The smallest absolute Gasteiger partial charge is 0.196 e. The predicted molar refractivity (Wildman–Crippen MR) is 81.9 cm³/mol. The van der Waals surface area contributed by atoms with Crippen molar-refractivity contribution in [3.63, 3.8) is 0 Å². The molecular weight excluding hydrogens is 267 g/mol. The first-order valence-corrected chi connectivity index (χ1v) is 7.78. The average molecular weight is 288 g/mol. The molecule has 2 atom stereocenters. The summed E-state index contributed by atoms with van der Waals surface area (Å²) in [5, 5.41) is 0. The highest BCUT2D eigenvalue weighted by molar-refractivity contribution is 5.98. The molecule has 0 saturated carbocycles. The number of benzene rings is 1. The normalized spacial score (nSPS) is 32.5. The van der Waals surface area contributed by atoms with Crippen molar-refractivity contribution in [1.82, 2.24) is 4.90 Å². The highest BCUT2D eigenvalue weighted by atomic mass is 19.1. The van der Waals surface area contributed by atoms with Gasteiger partial charge in [0.1, 0.15) is 5.82 Å². The lowest BCUT2D eigenvalue weighted by atomic mass is 9.82. The number of nitrogens with two attached hydrogens (primary N) is 1. The van der Waals surface area contributed by atoms with E-state index in [9.17, 15) is 4.39 Å². The van der Waals surface area contributed by atoms with E-state index < -0.39 is 0 Å². The van der Waals surface area contributed by atoms with Crippen LogP contribution in [0.4, 0.5) is 10.1 Å². The van der Waals surface area contributed by atoms with Crippen LogP contribution in [0.25, 0.3) is 0 Å². The monoisotopic (exact) mass is 288 g/mol. The quantitative estimate of drug-likeness (QED) is 0.859. The Balaban J connectivity index is 1.68. The summed E-state index contributed by atoms with van der Waals surface area (Å²) in [5.41, 5.74) is 6.92. The Morgan fingerprint density at radius 2 is 2.24 bits per heavy atom. The zero-order chi connectivity index (χ0) is 14.4. The third-order valence-electron chi connectivity index (χ3n) is 5.28. The Bertz CT molecular complexity index is 587. The van der Waals surface area contributed by atoms with Gasteiger partial charge in [-0.3, -0.25) is 4.99 Å². The summed E-state index contributed by atoms with van der Waals surface area (Å²) in [5.74, 6) is 0.313. The van der Waals surface area contributed by atoms with Gasteiger partial charge in [0.15, 0.2) is 5.96 Å². The fourth-order valence-electron chi connectivity index (χ4n) is 4.29. The third kappa shape index (κ3) is 2.02. The first-order valence-electron chi connectivity index (χ1n) is 7.78. The zero-order valence-electron chi connectivity index (χ0n) is 12.1. The number of rotatable bonds is 1. The minimum atomic E-state index is -0.222. The molecule has 0 aromatic heterocycles. The number of nitrogens with zero attached hydrogens (tertiary/aromatic N) is 3. The summed E-state index contributed by atoms with van der Waals surface area (Å²) >= 11 is 0. The molecule has 5 heteroatoms. The Labute approximate surface area is 124 Å². The molecule has 2 saturated heterocycles. The molecule has 112 valence electrons. The maximum atomic E-state index is 13.6. The van der Waals surface area contributed by atoms with Gasteiger partial charge in [0.05, 0.1) is 12.1 Å². The van der Waals surface area contributed by atoms with Gasteiger partial charge in [-0.05, 0) is 50.4 Å². The van der Waals surface area contributed by atoms with E-state index in [1.165, 1.54) is 25.5 Å². The molecule has 1 aromatic carbocycles. The lowest BCUT2D eigenvalue weighted by Gasteiger charge is -2.47. The molecule has 0 aliphatic carbocycles. The zero-order valence-corrected chi connectivity index (χ0v) is 12.1. The fraction of sp³-hybridized carbons (Fsp3) is 0.562. The van der Waals surface area contributed by atoms with Crippen molar-refractivity contribution < 1.29 is 4.39 Å². The molecule has 0 amide bonds. The van der Waals surface area contributed by atoms with Gasteiger partial charge < -0.3 is 15.5 Å². The second kappa shape index (κ2) is 4.70. The molecule has 3 aliphatic rings. The average Bonchev–Trinajstić information content (AvgIpc) is 3.04. The molecule has 1 spiro atoms. The molecule has 2 N–H and O–H groups in total. The molecule has 1 aromatic rings. The topological polar surface area (TPSA) is 44.9 Å². The van der Waals surface area contributed by atoms with Crippen LogP contribution in [0.3, 0.4) is 0 Å². The van der Waals surface area contributed by atoms with Gasteiger partial charge in [0, 0.05) is 18.3 Å². The van der Waals surface area contributed by atoms with Crippen molar-refractivity contribution in [3.8, 4) is 0 Å². The predicted octanol–water partition coefficient (Wildman–Crippen LogP) is 1.96. The van der Waals surface area contributed by atoms with Crippen molar-refractivity contribution in [2.45, 2.75) is 37.3 Å². The van der Waals surface area contributed by atoms with E-state index in [0.717, 1.165) is 31.6 Å². The third-order valence-corrected chi connectivity index (χ3v) is 5.28. The number of aliphatic imine (C=N–C) groups is 1.